The number of rotatable bonds is 5. The maximum absolute atomic E-state index is 12.5. The van der Waals surface area contributed by atoms with Crippen molar-refractivity contribution in [1.29, 1.82) is 0 Å². The van der Waals surface area contributed by atoms with Gasteiger partial charge in [-0.25, -0.2) is 0 Å². The highest BCUT2D eigenvalue weighted by Crippen LogP contribution is 2.59. The summed E-state index contributed by atoms with van der Waals surface area (Å²) in [5, 5.41) is 12.8. The van der Waals surface area contributed by atoms with Crippen LogP contribution in [-0.2, 0) is 11.2 Å². The summed E-state index contributed by atoms with van der Waals surface area (Å²) in [6, 6.07) is 10.2. The van der Waals surface area contributed by atoms with Crippen LogP contribution >= 0.6 is 11.3 Å². The van der Waals surface area contributed by atoms with Crippen molar-refractivity contribution < 1.29 is 4.79 Å². The Balaban J connectivity index is 1.63. The zero-order valence-electron chi connectivity index (χ0n) is 14.5. The molecule has 1 fully saturated rings. The number of aromatic nitrogens is 2. The minimum absolute atomic E-state index is 0.00822. The Morgan fingerprint density at radius 3 is 2.62 bits per heavy atom. The molecule has 1 aliphatic carbocycles. The highest BCUT2D eigenvalue weighted by atomic mass is 32.1. The molecule has 0 radical (unpaired) electrons. The highest BCUT2D eigenvalue weighted by molar-refractivity contribution is 7.15. The molecule has 24 heavy (non-hydrogen) atoms. The fraction of sp³-hybridized carbons (Fsp3) is 0.421. The Hall–Kier alpha value is -2.01. The number of nitrogens with one attached hydrogen (secondary N) is 1. The maximum Gasteiger partial charge on any atom is 0.230 e. The number of nitrogens with zero attached hydrogens (tertiary/aromatic N) is 2. The molecule has 1 saturated carbocycles. The van der Waals surface area contributed by atoms with Crippen LogP contribution in [0.2, 0.25) is 0 Å². The summed E-state index contributed by atoms with van der Waals surface area (Å²) in [5.41, 5.74) is 2.46. The van der Waals surface area contributed by atoms with Gasteiger partial charge in [-0.3, -0.25) is 4.79 Å². The second kappa shape index (κ2) is 6.48. The number of hydrogen-bond donors (Lipinski definition) is 1. The number of carbonyl (C=O) groups is 1. The topological polar surface area (TPSA) is 54.9 Å². The molecule has 1 N–H and O–H groups in total. The molecule has 0 saturated heterocycles. The second-order valence-electron chi connectivity index (χ2n) is 7.22. The number of carbonyl (C=O) groups excluding carboxylic acids is 1. The average Bonchev–Trinajstić information content (AvgIpc) is 2.83. The zero-order chi connectivity index (χ0) is 17.3. The molecule has 1 amide bonds. The smallest absolute Gasteiger partial charge is 0.230 e. The molecule has 2 unspecified atom stereocenters. The van der Waals surface area contributed by atoms with Crippen LogP contribution < -0.4 is 5.32 Å². The van der Waals surface area contributed by atoms with Crippen LogP contribution in [0.5, 0.6) is 0 Å². The Morgan fingerprint density at radius 2 is 1.96 bits per heavy atom. The van der Waals surface area contributed by atoms with Crippen molar-refractivity contribution in [3.8, 4) is 0 Å². The number of allylic oxidation sites excluding steroid dienone is 2. The first-order valence-electron chi connectivity index (χ1n) is 8.20. The van der Waals surface area contributed by atoms with Crippen molar-refractivity contribution >= 4 is 22.4 Å². The van der Waals surface area contributed by atoms with Crippen LogP contribution in [0.1, 0.15) is 38.3 Å². The molecule has 1 aromatic heterocycles. The van der Waals surface area contributed by atoms with Crippen molar-refractivity contribution in [2.75, 3.05) is 5.32 Å². The van der Waals surface area contributed by atoms with Gasteiger partial charge in [-0.1, -0.05) is 67.2 Å². The highest BCUT2D eigenvalue weighted by Gasteiger charge is 2.60. The minimum Gasteiger partial charge on any atom is -0.300 e. The molecule has 0 bridgehead atoms. The van der Waals surface area contributed by atoms with E-state index < -0.39 is 0 Å². The first kappa shape index (κ1) is 16.8. The number of hydrogen-bond acceptors (Lipinski definition) is 4. The summed E-state index contributed by atoms with van der Waals surface area (Å²) in [6.45, 7) is 8.43. The fourth-order valence-electron chi connectivity index (χ4n) is 3.18. The lowest BCUT2D eigenvalue weighted by atomic mass is 10.1. The van der Waals surface area contributed by atoms with E-state index in [4.69, 9.17) is 0 Å². The van der Waals surface area contributed by atoms with Gasteiger partial charge in [0.1, 0.15) is 5.01 Å². The summed E-state index contributed by atoms with van der Waals surface area (Å²) >= 11 is 1.45. The van der Waals surface area contributed by atoms with Gasteiger partial charge >= 0.3 is 0 Å². The molecule has 126 valence electrons. The molecular weight excluding hydrogens is 318 g/mol. The Morgan fingerprint density at radius 1 is 1.25 bits per heavy atom. The predicted octanol–water partition coefficient (Wildman–Crippen LogP) is 4.31. The number of amides is 1. The quantitative estimate of drug-likeness (QED) is 0.825. The third-order valence-electron chi connectivity index (χ3n) is 4.60. The van der Waals surface area contributed by atoms with Gasteiger partial charge in [-0.05, 0) is 30.7 Å². The average molecular weight is 341 g/mol. The normalized spacial score (nSPS) is 21.2. The molecule has 5 heteroatoms. The second-order valence-corrected chi connectivity index (χ2v) is 8.28. The molecule has 0 aliphatic heterocycles. The van der Waals surface area contributed by atoms with E-state index in [-0.39, 0.29) is 17.2 Å². The van der Waals surface area contributed by atoms with Crippen molar-refractivity contribution in [2.45, 2.75) is 34.1 Å². The lowest BCUT2D eigenvalue weighted by Gasteiger charge is -2.01. The molecule has 0 spiro atoms. The van der Waals surface area contributed by atoms with Crippen LogP contribution in [-0.4, -0.2) is 16.1 Å². The lowest BCUT2D eigenvalue weighted by Crippen LogP contribution is -2.16. The largest absolute Gasteiger partial charge is 0.300 e. The minimum atomic E-state index is 0.00822. The molecule has 4 nitrogen and oxygen atoms in total. The van der Waals surface area contributed by atoms with Gasteiger partial charge in [0.05, 0.1) is 5.92 Å². The third-order valence-corrected chi connectivity index (χ3v) is 5.44. The van der Waals surface area contributed by atoms with E-state index in [0.29, 0.717) is 11.0 Å². The monoisotopic (exact) mass is 341 g/mol. The SMILES string of the molecule is CC(C)=CC1C(C(=O)Nc2nnc(Cc3ccccc3)s2)C1(C)C. The van der Waals surface area contributed by atoms with E-state index >= 15 is 0 Å². The van der Waals surface area contributed by atoms with Gasteiger partial charge in [-0.15, -0.1) is 10.2 Å². The third kappa shape index (κ3) is 3.56. The van der Waals surface area contributed by atoms with Gasteiger partial charge in [-0.2, -0.15) is 0 Å². The molecule has 2 atom stereocenters. The number of anilines is 1. The van der Waals surface area contributed by atoms with Gasteiger partial charge in [0.15, 0.2) is 0 Å². The fourth-order valence-corrected chi connectivity index (χ4v) is 3.95. The van der Waals surface area contributed by atoms with Crippen LogP contribution in [0.4, 0.5) is 5.13 Å². The summed E-state index contributed by atoms with van der Waals surface area (Å²) in [5.74, 6) is 0.359. The zero-order valence-corrected chi connectivity index (χ0v) is 15.4. The first-order chi connectivity index (χ1) is 11.4. The first-order valence-corrected chi connectivity index (χ1v) is 9.02. The van der Waals surface area contributed by atoms with Crippen molar-refractivity contribution in [3.05, 3.63) is 52.6 Å². The van der Waals surface area contributed by atoms with Gasteiger partial charge < -0.3 is 5.32 Å². The lowest BCUT2D eigenvalue weighted by molar-refractivity contribution is -0.118. The van der Waals surface area contributed by atoms with Gasteiger partial charge in [0.25, 0.3) is 0 Å². The van der Waals surface area contributed by atoms with Crippen molar-refractivity contribution in [3.63, 3.8) is 0 Å². The molecule has 1 aliphatic rings. The van der Waals surface area contributed by atoms with E-state index in [2.05, 4.69) is 61.4 Å². The van der Waals surface area contributed by atoms with Crippen molar-refractivity contribution in [2.24, 2.45) is 17.3 Å². The van der Waals surface area contributed by atoms with E-state index in [1.807, 2.05) is 18.2 Å². The Kier molecular flexibility index (Phi) is 4.54. The predicted molar refractivity (Wildman–Crippen MR) is 98.0 cm³/mol. The van der Waals surface area contributed by atoms with Crippen molar-refractivity contribution in [1.82, 2.24) is 10.2 Å². The van der Waals surface area contributed by atoms with Gasteiger partial charge in [0, 0.05) is 6.42 Å². The molecule has 1 aromatic carbocycles. The maximum atomic E-state index is 12.5. The molecular formula is C19H23N3OS. The van der Waals surface area contributed by atoms with E-state index in [0.717, 1.165) is 11.4 Å². The summed E-state index contributed by atoms with van der Waals surface area (Å²) in [7, 11) is 0. The van der Waals surface area contributed by atoms with E-state index in [1.54, 1.807) is 0 Å². The summed E-state index contributed by atoms with van der Waals surface area (Å²) < 4.78 is 0. The molecule has 1 heterocycles. The summed E-state index contributed by atoms with van der Waals surface area (Å²) in [6.07, 6.45) is 2.94. The Bertz CT molecular complexity index is 760. The van der Waals surface area contributed by atoms with Crippen LogP contribution in [0.25, 0.3) is 0 Å². The van der Waals surface area contributed by atoms with E-state index in [9.17, 15) is 4.79 Å². The molecule has 3 rings (SSSR count). The van der Waals surface area contributed by atoms with E-state index in [1.165, 1.54) is 22.5 Å². The number of benzene rings is 1. The van der Waals surface area contributed by atoms with Crippen LogP contribution in [0.3, 0.4) is 0 Å². The van der Waals surface area contributed by atoms with Crippen LogP contribution in [0, 0.1) is 17.3 Å². The molecule has 2 aromatic rings. The summed E-state index contributed by atoms with van der Waals surface area (Å²) in [4.78, 5) is 12.5. The van der Waals surface area contributed by atoms with Gasteiger partial charge in [0.2, 0.25) is 11.0 Å². The standard InChI is InChI=1S/C19H23N3OS/c1-12(2)10-14-16(19(14,3)4)17(23)20-18-22-21-15(24-18)11-13-8-6-5-7-9-13/h5-10,14,16H,11H2,1-4H3,(H,20,22,23). The Labute approximate surface area is 147 Å². The van der Waals surface area contributed by atoms with Crippen LogP contribution in [0.15, 0.2) is 42.0 Å².